The Morgan fingerprint density at radius 2 is 2.10 bits per heavy atom. The molecule has 0 bridgehead atoms. The van der Waals surface area contributed by atoms with Gasteiger partial charge in [0.15, 0.2) is 0 Å². The van der Waals surface area contributed by atoms with E-state index in [1.54, 1.807) is 6.92 Å². The topological polar surface area (TPSA) is 38.3 Å². The van der Waals surface area contributed by atoms with Crippen molar-refractivity contribution in [3.63, 3.8) is 0 Å². The van der Waals surface area contributed by atoms with E-state index in [1.165, 1.54) is 12.1 Å². The average Bonchev–Trinajstić information content (AvgIpc) is 2.38. The summed E-state index contributed by atoms with van der Waals surface area (Å²) in [6.07, 6.45) is 1.40. The van der Waals surface area contributed by atoms with Gasteiger partial charge >= 0.3 is 5.97 Å². The molecule has 0 aromatic heterocycles. The van der Waals surface area contributed by atoms with Crippen LogP contribution in [0.4, 0.5) is 10.1 Å². The first-order chi connectivity index (χ1) is 9.55. The standard InChI is InChI=1S/C15H20FNO2S/c1-3-19-14(18)15(4-6-20-7-5-15)17-13-9-11(2)8-12(16)10-13/h8-10,17H,3-7H2,1-2H3. The van der Waals surface area contributed by atoms with Gasteiger partial charge in [-0.15, -0.1) is 0 Å². The van der Waals surface area contributed by atoms with Gasteiger partial charge in [-0.2, -0.15) is 11.8 Å². The highest BCUT2D eigenvalue weighted by molar-refractivity contribution is 7.99. The van der Waals surface area contributed by atoms with Crippen LogP contribution in [0.25, 0.3) is 0 Å². The molecule has 1 aliphatic rings. The van der Waals surface area contributed by atoms with E-state index >= 15 is 0 Å². The van der Waals surface area contributed by atoms with Crippen molar-refractivity contribution in [2.24, 2.45) is 0 Å². The second kappa shape index (κ2) is 6.48. The second-order valence-corrected chi connectivity index (χ2v) is 6.28. The number of anilines is 1. The first kappa shape index (κ1) is 15.2. The molecule has 1 saturated heterocycles. The summed E-state index contributed by atoms with van der Waals surface area (Å²) < 4.78 is 18.7. The first-order valence-corrected chi connectivity index (χ1v) is 8.01. The maximum absolute atomic E-state index is 13.5. The quantitative estimate of drug-likeness (QED) is 0.865. The molecule has 1 fully saturated rings. The van der Waals surface area contributed by atoms with Gasteiger partial charge in [0, 0.05) is 5.69 Å². The van der Waals surface area contributed by atoms with Crippen molar-refractivity contribution in [2.75, 3.05) is 23.4 Å². The van der Waals surface area contributed by atoms with E-state index in [-0.39, 0.29) is 11.8 Å². The summed E-state index contributed by atoms with van der Waals surface area (Å²) in [6, 6.07) is 4.75. The maximum Gasteiger partial charge on any atom is 0.331 e. The van der Waals surface area contributed by atoms with Crippen molar-refractivity contribution in [2.45, 2.75) is 32.2 Å². The van der Waals surface area contributed by atoms with Crippen molar-refractivity contribution in [3.8, 4) is 0 Å². The van der Waals surface area contributed by atoms with Crippen molar-refractivity contribution >= 4 is 23.4 Å². The highest BCUT2D eigenvalue weighted by Gasteiger charge is 2.41. The third-order valence-electron chi connectivity index (χ3n) is 3.44. The van der Waals surface area contributed by atoms with Crippen molar-refractivity contribution < 1.29 is 13.9 Å². The molecule has 20 heavy (non-hydrogen) atoms. The SMILES string of the molecule is CCOC(=O)C1(Nc2cc(C)cc(F)c2)CCSCC1. The van der Waals surface area contributed by atoms with E-state index in [0.29, 0.717) is 25.1 Å². The average molecular weight is 297 g/mol. The third-order valence-corrected chi connectivity index (χ3v) is 4.42. The van der Waals surface area contributed by atoms with Crippen LogP contribution in [-0.4, -0.2) is 29.6 Å². The third kappa shape index (κ3) is 3.45. The fraction of sp³-hybridized carbons (Fsp3) is 0.533. The largest absolute Gasteiger partial charge is 0.464 e. The van der Waals surface area contributed by atoms with Crippen LogP contribution in [0.5, 0.6) is 0 Å². The summed E-state index contributed by atoms with van der Waals surface area (Å²) in [5.41, 5.74) is 0.751. The molecule has 0 saturated carbocycles. The number of rotatable bonds is 4. The van der Waals surface area contributed by atoms with Crippen LogP contribution in [0.2, 0.25) is 0 Å². The molecule has 0 amide bonds. The van der Waals surface area contributed by atoms with Crippen LogP contribution in [-0.2, 0) is 9.53 Å². The number of carbonyl (C=O) groups is 1. The minimum Gasteiger partial charge on any atom is -0.464 e. The molecule has 1 aliphatic heterocycles. The summed E-state index contributed by atoms with van der Waals surface area (Å²) in [7, 11) is 0. The normalized spacial score (nSPS) is 17.6. The number of aryl methyl sites for hydroxylation is 1. The minimum absolute atomic E-state index is 0.234. The Kier molecular flexibility index (Phi) is 4.91. The molecule has 1 aromatic carbocycles. The lowest BCUT2D eigenvalue weighted by Gasteiger charge is -2.36. The van der Waals surface area contributed by atoms with Crippen molar-refractivity contribution in [1.82, 2.24) is 0 Å². The van der Waals surface area contributed by atoms with Gasteiger partial charge in [0.25, 0.3) is 0 Å². The number of halogens is 1. The highest BCUT2D eigenvalue weighted by Crippen LogP contribution is 2.32. The lowest BCUT2D eigenvalue weighted by Crippen LogP contribution is -2.50. The molecule has 3 nitrogen and oxygen atoms in total. The Balaban J connectivity index is 2.25. The Hall–Kier alpha value is -1.23. The molecule has 1 N–H and O–H groups in total. The fourth-order valence-electron chi connectivity index (χ4n) is 2.45. The van der Waals surface area contributed by atoms with E-state index in [1.807, 2.05) is 24.8 Å². The minimum atomic E-state index is -0.721. The zero-order valence-electron chi connectivity index (χ0n) is 11.9. The molecule has 110 valence electrons. The number of thioether (sulfide) groups is 1. The Bertz CT molecular complexity index is 467. The van der Waals surface area contributed by atoms with E-state index in [2.05, 4.69) is 5.32 Å². The summed E-state index contributed by atoms with van der Waals surface area (Å²) >= 11 is 1.83. The highest BCUT2D eigenvalue weighted by atomic mass is 32.2. The molecule has 1 heterocycles. The molecular formula is C15H20FNO2S. The summed E-state index contributed by atoms with van der Waals surface area (Å²) in [4.78, 5) is 12.3. The van der Waals surface area contributed by atoms with Crippen molar-refractivity contribution in [1.29, 1.82) is 0 Å². The lowest BCUT2D eigenvalue weighted by atomic mass is 9.91. The molecule has 5 heteroatoms. The number of esters is 1. The van der Waals surface area contributed by atoms with Gasteiger partial charge in [-0.3, -0.25) is 0 Å². The van der Waals surface area contributed by atoms with Crippen LogP contribution in [0, 0.1) is 12.7 Å². The molecule has 1 aromatic rings. The number of hydrogen-bond donors (Lipinski definition) is 1. The maximum atomic E-state index is 13.5. The molecule has 0 atom stereocenters. The van der Waals surface area contributed by atoms with Crippen LogP contribution in [0.1, 0.15) is 25.3 Å². The van der Waals surface area contributed by atoms with Gasteiger partial charge in [-0.25, -0.2) is 9.18 Å². The number of nitrogens with one attached hydrogen (secondary N) is 1. The predicted molar refractivity (Wildman–Crippen MR) is 80.7 cm³/mol. The summed E-state index contributed by atoms with van der Waals surface area (Å²) in [5.74, 6) is 1.28. The number of hydrogen-bond acceptors (Lipinski definition) is 4. The van der Waals surface area contributed by atoms with Gasteiger partial charge in [0.1, 0.15) is 11.4 Å². The smallest absolute Gasteiger partial charge is 0.331 e. The molecule has 0 radical (unpaired) electrons. The zero-order valence-corrected chi connectivity index (χ0v) is 12.7. The van der Waals surface area contributed by atoms with Crippen LogP contribution >= 0.6 is 11.8 Å². The molecular weight excluding hydrogens is 277 g/mol. The second-order valence-electron chi connectivity index (χ2n) is 5.06. The van der Waals surface area contributed by atoms with Gasteiger partial charge in [0.2, 0.25) is 0 Å². The number of ether oxygens (including phenoxy) is 1. The first-order valence-electron chi connectivity index (χ1n) is 6.86. The van der Waals surface area contributed by atoms with Crippen molar-refractivity contribution in [3.05, 3.63) is 29.6 Å². The van der Waals surface area contributed by atoms with Crippen LogP contribution in [0.3, 0.4) is 0 Å². The lowest BCUT2D eigenvalue weighted by molar-refractivity contribution is -0.148. The predicted octanol–water partition coefficient (Wildman–Crippen LogP) is 3.37. The Morgan fingerprint density at radius 3 is 2.70 bits per heavy atom. The van der Waals surface area contributed by atoms with Gasteiger partial charge in [-0.1, -0.05) is 0 Å². The van der Waals surface area contributed by atoms with Gasteiger partial charge < -0.3 is 10.1 Å². The summed E-state index contributed by atoms with van der Waals surface area (Å²) in [5, 5.41) is 3.23. The number of benzene rings is 1. The van der Waals surface area contributed by atoms with Gasteiger partial charge in [-0.05, 0) is 62.0 Å². The van der Waals surface area contributed by atoms with Gasteiger partial charge in [0.05, 0.1) is 6.61 Å². The van der Waals surface area contributed by atoms with E-state index in [0.717, 1.165) is 17.1 Å². The summed E-state index contributed by atoms with van der Waals surface area (Å²) in [6.45, 7) is 4.00. The fourth-order valence-corrected chi connectivity index (χ4v) is 3.64. The van der Waals surface area contributed by atoms with Crippen LogP contribution in [0.15, 0.2) is 18.2 Å². The van der Waals surface area contributed by atoms with Crippen LogP contribution < -0.4 is 5.32 Å². The Labute approximate surface area is 123 Å². The molecule has 0 spiro atoms. The van der Waals surface area contributed by atoms with E-state index < -0.39 is 5.54 Å². The molecule has 0 aliphatic carbocycles. The Morgan fingerprint density at radius 1 is 1.40 bits per heavy atom. The van der Waals surface area contributed by atoms with E-state index in [9.17, 15) is 9.18 Å². The molecule has 2 rings (SSSR count). The number of carbonyl (C=O) groups excluding carboxylic acids is 1. The molecule has 0 unspecified atom stereocenters. The monoisotopic (exact) mass is 297 g/mol. The zero-order chi connectivity index (χ0) is 14.6. The van der Waals surface area contributed by atoms with E-state index in [4.69, 9.17) is 4.74 Å².